The highest BCUT2D eigenvalue weighted by Crippen LogP contribution is 2.40. The lowest BCUT2D eigenvalue weighted by Crippen LogP contribution is -2.34. The monoisotopic (exact) mass is 273 g/mol. The first kappa shape index (κ1) is 11.5. The van der Waals surface area contributed by atoms with E-state index in [9.17, 15) is 0 Å². The van der Waals surface area contributed by atoms with Crippen molar-refractivity contribution in [2.75, 3.05) is 11.9 Å². The van der Waals surface area contributed by atoms with Crippen molar-refractivity contribution in [2.24, 2.45) is 5.92 Å². The van der Waals surface area contributed by atoms with E-state index in [2.05, 4.69) is 35.1 Å². The summed E-state index contributed by atoms with van der Waals surface area (Å²) in [6.45, 7) is 3.28. The molecule has 0 spiro atoms. The Morgan fingerprint density at radius 1 is 1.32 bits per heavy atom. The molecule has 4 rings (SSSR count). The van der Waals surface area contributed by atoms with Gasteiger partial charge in [-0.1, -0.05) is 12.8 Å². The fourth-order valence-corrected chi connectivity index (χ4v) is 4.28. The molecule has 2 aromatic heterocycles. The van der Waals surface area contributed by atoms with E-state index in [-0.39, 0.29) is 0 Å². The van der Waals surface area contributed by atoms with E-state index >= 15 is 0 Å². The minimum atomic E-state index is 0.625. The molecule has 1 fully saturated rings. The van der Waals surface area contributed by atoms with Gasteiger partial charge in [-0.3, -0.25) is 0 Å². The van der Waals surface area contributed by atoms with Crippen molar-refractivity contribution in [2.45, 2.75) is 38.6 Å². The molecule has 2 atom stereocenters. The highest BCUT2D eigenvalue weighted by molar-refractivity contribution is 7.15. The van der Waals surface area contributed by atoms with Gasteiger partial charge in [0, 0.05) is 17.5 Å². The van der Waals surface area contributed by atoms with Crippen LogP contribution in [0.1, 0.15) is 36.6 Å². The fraction of sp³-hybridized carbons (Fsp3) is 0.533. The van der Waals surface area contributed by atoms with Crippen LogP contribution in [0.25, 0.3) is 10.6 Å². The summed E-state index contributed by atoms with van der Waals surface area (Å²) >= 11 is 1.83. The van der Waals surface area contributed by atoms with Gasteiger partial charge in [0.15, 0.2) is 0 Å². The maximum Gasteiger partial charge on any atom is 0.125 e. The smallest absolute Gasteiger partial charge is 0.125 e. The topological polar surface area (TPSA) is 29.9 Å². The molecule has 1 aliphatic heterocycles. The van der Waals surface area contributed by atoms with Gasteiger partial charge in [0.05, 0.1) is 10.9 Å². The third-order valence-electron chi connectivity index (χ3n) is 4.46. The van der Waals surface area contributed by atoms with E-state index in [1.54, 1.807) is 0 Å². The second kappa shape index (κ2) is 4.37. The third kappa shape index (κ3) is 1.89. The Kier molecular flexibility index (Phi) is 2.65. The highest BCUT2D eigenvalue weighted by atomic mass is 32.1. The van der Waals surface area contributed by atoms with Crippen molar-refractivity contribution >= 4 is 17.2 Å². The quantitative estimate of drug-likeness (QED) is 0.848. The second-order valence-electron chi connectivity index (χ2n) is 5.76. The standard InChI is InChI=1S/C15H19N3S/c1-10-6-7-14(19-10)12-8-15-16-9-11-4-2-3-5-13(11)18(15)17-12/h6-8,11,13,16H,2-5,9H2,1H3. The molecule has 2 aliphatic rings. The molecular weight excluding hydrogens is 254 g/mol. The summed E-state index contributed by atoms with van der Waals surface area (Å²) in [4.78, 5) is 2.64. The van der Waals surface area contributed by atoms with Crippen LogP contribution in [-0.4, -0.2) is 16.3 Å². The van der Waals surface area contributed by atoms with Crippen LogP contribution in [-0.2, 0) is 0 Å². The fourth-order valence-electron chi connectivity index (χ4n) is 3.46. The van der Waals surface area contributed by atoms with E-state index in [1.807, 2.05) is 11.3 Å². The minimum Gasteiger partial charge on any atom is -0.370 e. The molecule has 3 nitrogen and oxygen atoms in total. The largest absolute Gasteiger partial charge is 0.370 e. The average Bonchev–Trinajstić information content (AvgIpc) is 3.04. The second-order valence-corrected chi connectivity index (χ2v) is 7.05. The van der Waals surface area contributed by atoms with Crippen LogP contribution in [0, 0.1) is 12.8 Å². The van der Waals surface area contributed by atoms with Crippen LogP contribution in [0.4, 0.5) is 5.82 Å². The number of nitrogens with zero attached hydrogens (tertiary/aromatic N) is 2. The summed E-state index contributed by atoms with van der Waals surface area (Å²) < 4.78 is 2.26. The molecule has 0 saturated heterocycles. The number of hydrogen-bond donors (Lipinski definition) is 1. The molecule has 0 bridgehead atoms. The van der Waals surface area contributed by atoms with Gasteiger partial charge in [-0.2, -0.15) is 5.10 Å². The SMILES string of the molecule is Cc1ccc(-c2cc3n(n2)C2CCCCC2CN3)s1. The van der Waals surface area contributed by atoms with Crippen LogP contribution in [0.2, 0.25) is 0 Å². The zero-order chi connectivity index (χ0) is 12.8. The van der Waals surface area contributed by atoms with E-state index in [4.69, 9.17) is 5.10 Å². The van der Waals surface area contributed by atoms with Gasteiger partial charge in [-0.25, -0.2) is 4.68 Å². The van der Waals surface area contributed by atoms with Gasteiger partial charge < -0.3 is 5.32 Å². The predicted molar refractivity (Wildman–Crippen MR) is 79.8 cm³/mol. The number of aromatic nitrogens is 2. The summed E-state index contributed by atoms with van der Waals surface area (Å²) in [7, 11) is 0. The van der Waals surface area contributed by atoms with E-state index < -0.39 is 0 Å². The van der Waals surface area contributed by atoms with E-state index in [0.717, 1.165) is 18.2 Å². The molecule has 1 N–H and O–H groups in total. The lowest BCUT2D eigenvalue weighted by molar-refractivity contribution is 0.223. The Morgan fingerprint density at radius 2 is 2.21 bits per heavy atom. The van der Waals surface area contributed by atoms with Crippen LogP contribution < -0.4 is 5.32 Å². The van der Waals surface area contributed by atoms with Gasteiger partial charge in [0.2, 0.25) is 0 Å². The number of rotatable bonds is 1. The zero-order valence-electron chi connectivity index (χ0n) is 11.2. The van der Waals surface area contributed by atoms with E-state index in [0.29, 0.717) is 6.04 Å². The van der Waals surface area contributed by atoms with Crippen LogP contribution in [0.5, 0.6) is 0 Å². The Hall–Kier alpha value is -1.29. The van der Waals surface area contributed by atoms with Gasteiger partial charge in [0.1, 0.15) is 11.5 Å². The molecule has 2 aromatic rings. The molecule has 1 saturated carbocycles. The molecule has 2 unspecified atom stereocenters. The number of aryl methyl sites for hydroxylation is 1. The summed E-state index contributed by atoms with van der Waals surface area (Å²) in [6, 6.07) is 7.21. The summed E-state index contributed by atoms with van der Waals surface area (Å²) in [5, 5.41) is 8.45. The van der Waals surface area contributed by atoms with Gasteiger partial charge in [0.25, 0.3) is 0 Å². The molecule has 0 amide bonds. The van der Waals surface area contributed by atoms with Crippen LogP contribution in [0.3, 0.4) is 0 Å². The maximum atomic E-state index is 4.88. The molecule has 4 heteroatoms. The summed E-state index contributed by atoms with van der Waals surface area (Å²) in [5.41, 5.74) is 1.13. The van der Waals surface area contributed by atoms with Crippen molar-refractivity contribution in [3.63, 3.8) is 0 Å². The molecular formula is C15H19N3S. The molecule has 0 radical (unpaired) electrons. The lowest BCUT2D eigenvalue weighted by Gasteiger charge is -2.36. The van der Waals surface area contributed by atoms with E-state index in [1.165, 1.54) is 41.3 Å². The van der Waals surface area contributed by atoms with Gasteiger partial charge in [-0.05, 0) is 37.8 Å². The number of anilines is 1. The average molecular weight is 273 g/mol. The van der Waals surface area contributed by atoms with Crippen molar-refractivity contribution in [3.05, 3.63) is 23.1 Å². The van der Waals surface area contributed by atoms with Gasteiger partial charge in [-0.15, -0.1) is 11.3 Å². The first-order valence-electron chi connectivity index (χ1n) is 7.21. The van der Waals surface area contributed by atoms with Crippen molar-refractivity contribution in [1.29, 1.82) is 0 Å². The Labute approximate surface area is 117 Å². The number of fused-ring (bicyclic) bond motifs is 3. The molecule has 3 heterocycles. The highest BCUT2D eigenvalue weighted by Gasteiger charge is 2.32. The summed E-state index contributed by atoms with van der Waals surface area (Å²) in [6.07, 6.45) is 5.39. The van der Waals surface area contributed by atoms with Crippen molar-refractivity contribution < 1.29 is 0 Å². The minimum absolute atomic E-state index is 0.625. The Bertz CT molecular complexity index is 598. The number of hydrogen-bond acceptors (Lipinski definition) is 3. The van der Waals surface area contributed by atoms with Crippen molar-refractivity contribution in [1.82, 2.24) is 9.78 Å². The first-order valence-corrected chi connectivity index (χ1v) is 8.03. The molecule has 1 aliphatic carbocycles. The normalized spacial score (nSPS) is 25.5. The van der Waals surface area contributed by atoms with Crippen molar-refractivity contribution in [3.8, 4) is 10.6 Å². The molecule has 100 valence electrons. The lowest BCUT2D eigenvalue weighted by atomic mass is 9.83. The predicted octanol–water partition coefficient (Wildman–Crippen LogP) is 4.08. The zero-order valence-corrected chi connectivity index (χ0v) is 12.0. The van der Waals surface area contributed by atoms with Crippen LogP contribution >= 0.6 is 11.3 Å². The number of nitrogens with one attached hydrogen (secondary N) is 1. The van der Waals surface area contributed by atoms with Crippen LogP contribution in [0.15, 0.2) is 18.2 Å². The third-order valence-corrected chi connectivity index (χ3v) is 5.48. The Balaban J connectivity index is 1.73. The first-order chi connectivity index (χ1) is 9.31. The molecule has 19 heavy (non-hydrogen) atoms. The summed E-state index contributed by atoms with van der Waals surface area (Å²) in [5.74, 6) is 1.99. The van der Waals surface area contributed by atoms with Gasteiger partial charge >= 0.3 is 0 Å². The molecule has 0 aromatic carbocycles. The Morgan fingerprint density at radius 3 is 3.05 bits per heavy atom. The number of thiophene rings is 1. The maximum absolute atomic E-state index is 4.88.